The van der Waals surface area contributed by atoms with E-state index in [0.29, 0.717) is 11.7 Å². The summed E-state index contributed by atoms with van der Waals surface area (Å²) < 4.78 is 12.2. The van der Waals surface area contributed by atoms with Crippen LogP contribution in [0.3, 0.4) is 0 Å². The molecule has 0 saturated heterocycles. The first kappa shape index (κ1) is 16.6. The van der Waals surface area contributed by atoms with Crippen LogP contribution in [0.25, 0.3) is 5.69 Å². The molecule has 1 aliphatic carbocycles. The van der Waals surface area contributed by atoms with Gasteiger partial charge in [-0.2, -0.15) is 0 Å². The minimum absolute atomic E-state index is 0.209. The lowest BCUT2D eigenvalue weighted by molar-refractivity contribution is -0.134. The summed E-state index contributed by atoms with van der Waals surface area (Å²) in [6, 6.07) is 9.97. The third kappa shape index (κ3) is 3.63. The molecule has 1 heterocycles. The molecule has 0 spiro atoms. The first-order valence-electron chi connectivity index (χ1n) is 8.03. The standard InChI is InChI=1S/C17H22N4O3/c1-23-11-14(24-2)17(22)18-10-15-19-20-16(12-8-9-12)21(15)13-6-4-3-5-7-13/h3-7,12,14H,8-11H2,1-2H3,(H,18,22). The second kappa shape index (κ2) is 7.55. The molecule has 1 N–H and O–H groups in total. The number of para-hydroxylation sites is 1. The Balaban J connectivity index is 1.78. The Morgan fingerprint density at radius 2 is 2.04 bits per heavy atom. The lowest BCUT2D eigenvalue weighted by Gasteiger charge is -2.15. The summed E-state index contributed by atoms with van der Waals surface area (Å²) in [5, 5.41) is 11.5. The van der Waals surface area contributed by atoms with Gasteiger partial charge in [-0.05, 0) is 25.0 Å². The maximum Gasteiger partial charge on any atom is 0.251 e. The molecule has 1 aromatic carbocycles. The van der Waals surface area contributed by atoms with Gasteiger partial charge >= 0.3 is 0 Å². The van der Waals surface area contributed by atoms with E-state index in [2.05, 4.69) is 15.5 Å². The minimum Gasteiger partial charge on any atom is -0.381 e. The van der Waals surface area contributed by atoms with Gasteiger partial charge in [0.25, 0.3) is 5.91 Å². The van der Waals surface area contributed by atoms with E-state index < -0.39 is 6.10 Å². The molecule has 0 bridgehead atoms. The van der Waals surface area contributed by atoms with Crippen molar-refractivity contribution in [1.29, 1.82) is 0 Å². The molecule has 7 heteroatoms. The van der Waals surface area contributed by atoms with Crippen LogP contribution >= 0.6 is 0 Å². The molecule has 1 aromatic heterocycles. The predicted molar refractivity (Wildman–Crippen MR) is 87.9 cm³/mol. The molecule has 0 radical (unpaired) electrons. The van der Waals surface area contributed by atoms with E-state index >= 15 is 0 Å². The number of nitrogens with zero attached hydrogens (tertiary/aromatic N) is 3. The first-order chi connectivity index (χ1) is 11.7. The topological polar surface area (TPSA) is 78.3 Å². The monoisotopic (exact) mass is 330 g/mol. The van der Waals surface area contributed by atoms with Gasteiger partial charge in [-0.15, -0.1) is 10.2 Å². The van der Waals surface area contributed by atoms with Gasteiger partial charge in [0.15, 0.2) is 11.9 Å². The van der Waals surface area contributed by atoms with Crippen LogP contribution in [-0.4, -0.2) is 47.6 Å². The Hall–Kier alpha value is -2.25. The highest BCUT2D eigenvalue weighted by atomic mass is 16.5. The van der Waals surface area contributed by atoms with Gasteiger partial charge in [-0.1, -0.05) is 18.2 Å². The molecule has 24 heavy (non-hydrogen) atoms. The zero-order valence-electron chi connectivity index (χ0n) is 13.9. The van der Waals surface area contributed by atoms with E-state index in [4.69, 9.17) is 9.47 Å². The number of hydrogen-bond donors (Lipinski definition) is 1. The minimum atomic E-state index is -0.633. The van der Waals surface area contributed by atoms with E-state index in [1.165, 1.54) is 14.2 Å². The van der Waals surface area contributed by atoms with Crippen molar-refractivity contribution in [2.75, 3.05) is 20.8 Å². The van der Waals surface area contributed by atoms with Crippen molar-refractivity contribution in [2.24, 2.45) is 0 Å². The third-order valence-corrected chi connectivity index (χ3v) is 4.03. The SMILES string of the molecule is COCC(OC)C(=O)NCc1nnc(C2CC2)n1-c1ccccc1. The molecule has 1 amide bonds. The molecule has 7 nitrogen and oxygen atoms in total. The Labute approximate surface area is 141 Å². The molecular weight excluding hydrogens is 308 g/mol. The van der Waals surface area contributed by atoms with Gasteiger partial charge in [0.2, 0.25) is 0 Å². The van der Waals surface area contributed by atoms with Crippen molar-refractivity contribution in [3.8, 4) is 5.69 Å². The molecule has 128 valence electrons. The van der Waals surface area contributed by atoms with Crippen molar-refractivity contribution in [3.05, 3.63) is 42.0 Å². The van der Waals surface area contributed by atoms with Crippen molar-refractivity contribution < 1.29 is 14.3 Å². The van der Waals surface area contributed by atoms with Crippen molar-refractivity contribution >= 4 is 5.91 Å². The van der Waals surface area contributed by atoms with Crippen LogP contribution in [0.15, 0.2) is 30.3 Å². The zero-order valence-corrected chi connectivity index (χ0v) is 13.9. The Morgan fingerprint density at radius 1 is 1.29 bits per heavy atom. The summed E-state index contributed by atoms with van der Waals surface area (Å²) in [6.07, 6.45) is 1.64. The van der Waals surface area contributed by atoms with Gasteiger partial charge in [-0.25, -0.2) is 0 Å². The van der Waals surface area contributed by atoms with Crippen LogP contribution in [0.5, 0.6) is 0 Å². The van der Waals surface area contributed by atoms with Crippen LogP contribution in [0.4, 0.5) is 0 Å². The summed E-state index contributed by atoms with van der Waals surface area (Å²) in [5.74, 6) is 1.91. The number of carbonyl (C=O) groups is 1. The number of aromatic nitrogens is 3. The van der Waals surface area contributed by atoms with E-state index in [-0.39, 0.29) is 19.1 Å². The molecule has 1 unspecified atom stereocenters. The number of methoxy groups -OCH3 is 2. The van der Waals surface area contributed by atoms with Gasteiger partial charge in [-0.3, -0.25) is 9.36 Å². The number of nitrogens with one attached hydrogen (secondary N) is 1. The fourth-order valence-electron chi connectivity index (χ4n) is 2.59. The largest absolute Gasteiger partial charge is 0.381 e. The van der Waals surface area contributed by atoms with Crippen LogP contribution in [0.1, 0.15) is 30.4 Å². The van der Waals surface area contributed by atoms with Crippen LogP contribution < -0.4 is 5.32 Å². The van der Waals surface area contributed by atoms with E-state index in [1.54, 1.807) is 0 Å². The molecule has 1 fully saturated rings. The second-order valence-corrected chi connectivity index (χ2v) is 5.82. The highest BCUT2D eigenvalue weighted by Crippen LogP contribution is 2.40. The molecule has 1 aliphatic rings. The van der Waals surface area contributed by atoms with Gasteiger partial charge in [0, 0.05) is 25.8 Å². The number of benzene rings is 1. The second-order valence-electron chi connectivity index (χ2n) is 5.82. The lowest BCUT2D eigenvalue weighted by Crippen LogP contribution is -2.38. The maximum atomic E-state index is 12.2. The quantitative estimate of drug-likeness (QED) is 0.792. The normalized spacial score (nSPS) is 15.2. The van der Waals surface area contributed by atoms with E-state index in [9.17, 15) is 4.79 Å². The lowest BCUT2D eigenvalue weighted by atomic mass is 10.3. The molecule has 0 aliphatic heterocycles. The summed E-state index contributed by atoms with van der Waals surface area (Å²) in [5.41, 5.74) is 1.01. The zero-order chi connectivity index (χ0) is 16.9. The smallest absolute Gasteiger partial charge is 0.251 e. The predicted octanol–water partition coefficient (Wildman–Crippen LogP) is 1.42. The average molecular weight is 330 g/mol. The number of hydrogen-bond acceptors (Lipinski definition) is 5. The summed E-state index contributed by atoms with van der Waals surface area (Å²) in [6.45, 7) is 0.498. The van der Waals surface area contributed by atoms with E-state index in [0.717, 1.165) is 24.4 Å². The summed E-state index contributed by atoms with van der Waals surface area (Å²) >= 11 is 0. The number of carbonyl (C=O) groups excluding carboxylic acids is 1. The fraction of sp³-hybridized carbons (Fsp3) is 0.471. The Morgan fingerprint density at radius 3 is 2.67 bits per heavy atom. The van der Waals surface area contributed by atoms with Crippen molar-refractivity contribution in [3.63, 3.8) is 0 Å². The Kier molecular flexibility index (Phi) is 5.22. The summed E-state index contributed by atoms with van der Waals surface area (Å²) in [4.78, 5) is 12.2. The van der Waals surface area contributed by atoms with Gasteiger partial charge in [0.05, 0.1) is 13.2 Å². The fourth-order valence-corrected chi connectivity index (χ4v) is 2.59. The molecule has 2 aromatic rings. The van der Waals surface area contributed by atoms with E-state index in [1.807, 2.05) is 34.9 Å². The van der Waals surface area contributed by atoms with Crippen LogP contribution in [-0.2, 0) is 20.8 Å². The number of rotatable bonds is 8. The van der Waals surface area contributed by atoms with Crippen molar-refractivity contribution in [2.45, 2.75) is 31.4 Å². The highest BCUT2D eigenvalue weighted by Gasteiger charge is 2.31. The van der Waals surface area contributed by atoms with Crippen molar-refractivity contribution in [1.82, 2.24) is 20.1 Å². The number of amides is 1. The first-order valence-corrected chi connectivity index (χ1v) is 8.03. The van der Waals surface area contributed by atoms with Crippen LogP contribution in [0.2, 0.25) is 0 Å². The molecule has 3 rings (SSSR count). The summed E-state index contributed by atoms with van der Waals surface area (Å²) in [7, 11) is 3.02. The maximum absolute atomic E-state index is 12.2. The molecular formula is C17H22N4O3. The van der Waals surface area contributed by atoms with Crippen LogP contribution in [0, 0.1) is 0 Å². The Bertz CT molecular complexity index is 682. The van der Waals surface area contributed by atoms with Gasteiger partial charge in [0.1, 0.15) is 5.82 Å². The third-order valence-electron chi connectivity index (χ3n) is 4.03. The number of ether oxygens (including phenoxy) is 2. The molecule has 1 atom stereocenters. The molecule has 1 saturated carbocycles. The van der Waals surface area contributed by atoms with Gasteiger partial charge < -0.3 is 14.8 Å². The highest BCUT2D eigenvalue weighted by molar-refractivity contribution is 5.80. The average Bonchev–Trinajstić information content (AvgIpc) is 3.38.